The molecule has 2 aromatic rings. The number of benzene rings is 2. The summed E-state index contributed by atoms with van der Waals surface area (Å²) in [7, 11) is 3.26. The third kappa shape index (κ3) is 5.93. The van der Waals surface area contributed by atoms with Crippen molar-refractivity contribution in [3.8, 4) is 5.75 Å². The van der Waals surface area contributed by atoms with Gasteiger partial charge in [-0.25, -0.2) is 5.48 Å². The van der Waals surface area contributed by atoms with Gasteiger partial charge < -0.3 is 15.3 Å². The number of rotatable bonds is 7. The van der Waals surface area contributed by atoms with E-state index in [1.807, 2.05) is 11.9 Å². The van der Waals surface area contributed by atoms with Gasteiger partial charge in [-0.3, -0.25) is 14.4 Å². The zero-order chi connectivity index (χ0) is 22.2. The minimum Gasteiger partial charge on any atom is -0.507 e. The Labute approximate surface area is 182 Å². The molecule has 7 nitrogen and oxygen atoms in total. The molecule has 1 aliphatic heterocycles. The average Bonchev–Trinajstić information content (AvgIpc) is 2.78. The number of amides is 2. The van der Waals surface area contributed by atoms with Gasteiger partial charge in [0.2, 0.25) is 5.91 Å². The summed E-state index contributed by atoms with van der Waals surface area (Å²) < 4.78 is 0. The van der Waals surface area contributed by atoms with E-state index < -0.39 is 5.91 Å². The van der Waals surface area contributed by atoms with Gasteiger partial charge >= 0.3 is 0 Å². The van der Waals surface area contributed by atoms with Crippen LogP contribution in [0.1, 0.15) is 45.8 Å². The maximum absolute atomic E-state index is 12.6. The number of phenolic OH excluding ortho intramolecular Hbond substituents is 1. The van der Waals surface area contributed by atoms with Crippen LogP contribution in [0.3, 0.4) is 0 Å². The molecule has 0 spiro atoms. The lowest BCUT2D eigenvalue weighted by atomic mass is 9.88. The normalized spacial score (nSPS) is 14.7. The standard InChI is InChI=1S/C24H29N3O4/c1-25-16-18-4-3-5-20(14-18)19-10-12-27(13-11-19)23(29)9-7-17-6-8-21(22(28)15-17)24(30)26-31-2/h3-9,14-15,19,25,28H,10-13,16H2,1-2H3,(H,26,30)/b9-7+. The molecule has 1 heterocycles. The number of nitrogens with one attached hydrogen (secondary N) is 2. The largest absolute Gasteiger partial charge is 0.507 e. The molecule has 0 bridgehead atoms. The highest BCUT2D eigenvalue weighted by Gasteiger charge is 2.23. The van der Waals surface area contributed by atoms with Gasteiger partial charge in [0, 0.05) is 25.7 Å². The first-order chi connectivity index (χ1) is 15.0. The lowest BCUT2D eigenvalue weighted by Crippen LogP contribution is -2.36. The summed E-state index contributed by atoms with van der Waals surface area (Å²) in [6.45, 7) is 2.28. The minimum absolute atomic E-state index is 0.0527. The second kappa shape index (κ2) is 10.7. The van der Waals surface area contributed by atoms with Crippen LogP contribution < -0.4 is 10.8 Å². The molecule has 3 rings (SSSR count). The summed E-state index contributed by atoms with van der Waals surface area (Å²) in [4.78, 5) is 30.8. The highest BCUT2D eigenvalue weighted by molar-refractivity contribution is 5.97. The van der Waals surface area contributed by atoms with E-state index in [9.17, 15) is 14.7 Å². The molecule has 31 heavy (non-hydrogen) atoms. The maximum Gasteiger partial charge on any atom is 0.278 e. The Balaban J connectivity index is 1.56. The van der Waals surface area contributed by atoms with Crippen molar-refractivity contribution < 1.29 is 19.5 Å². The third-order valence-electron chi connectivity index (χ3n) is 5.49. The fraction of sp³-hybridized carbons (Fsp3) is 0.333. The van der Waals surface area contributed by atoms with Gasteiger partial charge in [-0.15, -0.1) is 0 Å². The van der Waals surface area contributed by atoms with E-state index in [1.165, 1.54) is 36.4 Å². The van der Waals surface area contributed by atoms with Crippen molar-refractivity contribution in [1.82, 2.24) is 15.7 Å². The molecule has 0 aliphatic carbocycles. The van der Waals surface area contributed by atoms with Crippen LogP contribution in [0.5, 0.6) is 5.75 Å². The van der Waals surface area contributed by atoms with Crippen molar-refractivity contribution in [3.05, 3.63) is 70.8 Å². The molecule has 1 aliphatic rings. The Morgan fingerprint density at radius 1 is 1.19 bits per heavy atom. The molecule has 0 atom stereocenters. The Morgan fingerprint density at radius 2 is 1.97 bits per heavy atom. The van der Waals surface area contributed by atoms with E-state index in [4.69, 9.17) is 0 Å². The van der Waals surface area contributed by atoms with Gasteiger partial charge in [-0.1, -0.05) is 30.3 Å². The van der Waals surface area contributed by atoms with E-state index in [1.54, 1.807) is 12.1 Å². The molecular weight excluding hydrogens is 394 g/mol. The fourth-order valence-corrected chi connectivity index (χ4v) is 3.86. The van der Waals surface area contributed by atoms with Gasteiger partial charge in [-0.05, 0) is 60.7 Å². The number of likely N-dealkylation sites (tertiary alicyclic amines) is 1. The van der Waals surface area contributed by atoms with Crippen LogP contribution in [0.25, 0.3) is 6.08 Å². The number of hydroxylamine groups is 1. The average molecular weight is 424 g/mol. The first-order valence-electron chi connectivity index (χ1n) is 10.4. The van der Waals surface area contributed by atoms with E-state index in [-0.39, 0.29) is 17.2 Å². The van der Waals surface area contributed by atoms with Crippen LogP contribution in [0, 0.1) is 0 Å². The second-order valence-electron chi connectivity index (χ2n) is 7.62. The molecule has 2 amide bonds. The molecule has 0 saturated carbocycles. The molecule has 1 saturated heterocycles. The van der Waals surface area contributed by atoms with E-state index >= 15 is 0 Å². The zero-order valence-corrected chi connectivity index (χ0v) is 17.9. The minimum atomic E-state index is -0.536. The van der Waals surface area contributed by atoms with Gasteiger partial charge in [0.1, 0.15) is 5.75 Å². The highest BCUT2D eigenvalue weighted by atomic mass is 16.6. The van der Waals surface area contributed by atoms with Crippen LogP contribution in [0.4, 0.5) is 0 Å². The zero-order valence-electron chi connectivity index (χ0n) is 17.9. The number of nitrogens with zero attached hydrogens (tertiary/aromatic N) is 1. The molecule has 2 aromatic carbocycles. The van der Waals surface area contributed by atoms with E-state index in [2.05, 4.69) is 39.9 Å². The maximum atomic E-state index is 12.6. The predicted molar refractivity (Wildman–Crippen MR) is 119 cm³/mol. The van der Waals surface area contributed by atoms with Crippen molar-refractivity contribution in [1.29, 1.82) is 0 Å². The Bertz CT molecular complexity index is 950. The lowest BCUT2D eigenvalue weighted by molar-refractivity contribution is -0.126. The Hall–Kier alpha value is -3.16. The third-order valence-corrected chi connectivity index (χ3v) is 5.49. The first-order valence-corrected chi connectivity index (χ1v) is 10.4. The number of carbonyl (C=O) groups excluding carboxylic acids is 2. The summed E-state index contributed by atoms with van der Waals surface area (Å²) in [6, 6.07) is 13.2. The highest BCUT2D eigenvalue weighted by Crippen LogP contribution is 2.29. The Kier molecular flexibility index (Phi) is 7.81. The fourth-order valence-electron chi connectivity index (χ4n) is 3.86. The summed E-state index contributed by atoms with van der Waals surface area (Å²) in [5.41, 5.74) is 5.51. The van der Waals surface area contributed by atoms with Crippen LogP contribution in [0.15, 0.2) is 48.5 Å². The van der Waals surface area contributed by atoms with Crippen molar-refractivity contribution in [2.75, 3.05) is 27.2 Å². The predicted octanol–water partition coefficient (Wildman–Crippen LogP) is 2.82. The molecule has 0 aromatic heterocycles. The molecule has 1 fully saturated rings. The molecule has 3 N–H and O–H groups in total. The topological polar surface area (TPSA) is 90.9 Å². The monoisotopic (exact) mass is 423 g/mol. The number of hydrogen-bond acceptors (Lipinski definition) is 5. The SMILES string of the molecule is CNCc1cccc(C2CCN(C(=O)/C=C/c3ccc(C(=O)NOC)c(O)c3)CC2)c1. The molecule has 7 heteroatoms. The number of aromatic hydroxyl groups is 1. The first kappa shape index (κ1) is 22.5. The van der Waals surface area contributed by atoms with Gasteiger partial charge in [-0.2, -0.15) is 0 Å². The smallest absolute Gasteiger partial charge is 0.278 e. The molecule has 0 unspecified atom stereocenters. The number of piperidine rings is 1. The summed E-state index contributed by atoms with van der Waals surface area (Å²) in [5, 5.41) is 13.2. The van der Waals surface area contributed by atoms with Crippen molar-refractivity contribution >= 4 is 17.9 Å². The van der Waals surface area contributed by atoms with Crippen LogP contribution in [-0.2, 0) is 16.2 Å². The molecule has 164 valence electrons. The van der Waals surface area contributed by atoms with Crippen molar-refractivity contribution in [2.45, 2.75) is 25.3 Å². The van der Waals surface area contributed by atoms with Crippen LogP contribution in [-0.4, -0.2) is 49.1 Å². The van der Waals surface area contributed by atoms with E-state index in [0.29, 0.717) is 24.6 Å². The van der Waals surface area contributed by atoms with Gasteiger partial charge in [0.15, 0.2) is 0 Å². The number of carbonyl (C=O) groups is 2. The quantitative estimate of drug-likeness (QED) is 0.471. The lowest BCUT2D eigenvalue weighted by Gasteiger charge is -2.31. The molecule has 0 radical (unpaired) electrons. The number of hydrogen-bond donors (Lipinski definition) is 3. The van der Waals surface area contributed by atoms with Gasteiger partial charge in [0.05, 0.1) is 12.7 Å². The second-order valence-corrected chi connectivity index (χ2v) is 7.62. The van der Waals surface area contributed by atoms with Crippen molar-refractivity contribution in [2.24, 2.45) is 0 Å². The summed E-state index contributed by atoms with van der Waals surface area (Å²) in [5.74, 6) is -0.299. The van der Waals surface area contributed by atoms with Crippen molar-refractivity contribution in [3.63, 3.8) is 0 Å². The van der Waals surface area contributed by atoms with Crippen LogP contribution in [0.2, 0.25) is 0 Å². The van der Waals surface area contributed by atoms with Crippen LogP contribution >= 0.6 is 0 Å². The summed E-state index contributed by atoms with van der Waals surface area (Å²) >= 11 is 0. The summed E-state index contributed by atoms with van der Waals surface area (Å²) in [6.07, 6.45) is 5.03. The Morgan fingerprint density at radius 3 is 2.65 bits per heavy atom. The van der Waals surface area contributed by atoms with Gasteiger partial charge in [0.25, 0.3) is 5.91 Å². The number of phenols is 1. The van der Waals surface area contributed by atoms with E-state index in [0.717, 1.165) is 19.4 Å². The molecular formula is C24H29N3O4.